The molecule has 0 unspecified atom stereocenters. The Hall–Kier alpha value is -2.58. The molecule has 0 aliphatic carbocycles. The Kier molecular flexibility index (Phi) is 6.01. The van der Waals surface area contributed by atoms with E-state index in [0.29, 0.717) is 12.2 Å². The van der Waals surface area contributed by atoms with Crippen LogP contribution in [0.4, 0.5) is 10.5 Å². The van der Waals surface area contributed by atoms with E-state index in [1.165, 1.54) is 17.1 Å². The summed E-state index contributed by atoms with van der Waals surface area (Å²) in [4.78, 5) is 33.1. The number of nitrogens with zero attached hydrogens (tertiary/aromatic N) is 2. The van der Waals surface area contributed by atoms with Gasteiger partial charge in [-0.2, -0.15) is 5.10 Å². The van der Waals surface area contributed by atoms with Gasteiger partial charge in [-0.05, 0) is 6.92 Å². The first-order valence-corrected chi connectivity index (χ1v) is 6.07. The zero-order valence-electron chi connectivity index (χ0n) is 11.0. The second kappa shape index (κ2) is 7.77. The summed E-state index contributed by atoms with van der Waals surface area (Å²) in [7, 11) is 0. The normalized spacial score (nSPS) is 9.85. The summed E-state index contributed by atoms with van der Waals surface area (Å²) in [5.41, 5.74) is 0.377. The van der Waals surface area contributed by atoms with E-state index in [0.717, 1.165) is 0 Å². The molecule has 1 aromatic heterocycles. The number of carboxylic acids is 1. The molecule has 0 atom stereocenters. The smallest absolute Gasteiger partial charge is 0.325 e. The standard InChI is InChI=1S/C11H17N5O4/c1-2-12-9(17)3-4-13-11(20)15-8-5-14-16(6-8)7-10(18)19/h5-6H,2-4,7H2,1H3,(H,12,17)(H,18,19)(H2,13,15,20). The highest BCUT2D eigenvalue weighted by Crippen LogP contribution is 2.04. The van der Waals surface area contributed by atoms with Gasteiger partial charge in [0.15, 0.2) is 0 Å². The number of hydrogen-bond acceptors (Lipinski definition) is 4. The van der Waals surface area contributed by atoms with E-state index in [-0.39, 0.29) is 25.4 Å². The van der Waals surface area contributed by atoms with Crippen molar-refractivity contribution in [3.8, 4) is 0 Å². The van der Waals surface area contributed by atoms with Crippen molar-refractivity contribution < 1.29 is 19.5 Å². The number of aliphatic carboxylic acids is 1. The van der Waals surface area contributed by atoms with E-state index < -0.39 is 12.0 Å². The molecule has 1 heterocycles. The van der Waals surface area contributed by atoms with Crippen LogP contribution in [0.5, 0.6) is 0 Å². The fourth-order valence-electron chi connectivity index (χ4n) is 1.40. The zero-order chi connectivity index (χ0) is 15.0. The van der Waals surface area contributed by atoms with Crippen molar-refractivity contribution >= 4 is 23.6 Å². The van der Waals surface area contributed by atoms with Gasteiger partial charge in [-0.1, -0.05) is 0 Å². The van der Waals surface area contributed by atoms with Crippen molar-refractivity contribution in [2.45, 2.75) is 19.9 Å². The van der Waals surface area contributed by atoms with Crippen molar-refractivity contribution in [2.75, 3.05) is 18.4 Å². The molecule has 0 bridgehead atoms. The summed E-state index contributed by atoms with van der Waals surface area (Å²) >= 11 is 0. The van der Waals surface area contributed by atoms with E-state index in [4.69, 9.17) is 5.11 Å². The first-order valence-electron chi connectivity index (χ1n) is 6.07. The van der Waals surface area contributed by atoms with Gasteiger partial charge in [0.25, 0.3) is 0 Å². The van der Waals surface area contributed by atoms with Gasteiger partial charge in [0, 0.05) is 25.7 Å². The van der Waals surface area contributed by atoms with Crippen LogP contribution in [0.25, 0.3) is 0 Å². The molecule has 0 aliphatic heterocycles. The lowest BCUT2D eigenvalue weighted by atomic mass is 10.4. The second-order valence-corrected chi connectivity index (χ2v) is 3.90. The molecule has 0 aliphatic rings. The van der Waals surface area contributed by atoms with Gasteiger partial charge >= 0.3 is 12.0 Å². The lowest BCUT2D eigenvalue weighted by molar-refractivity contribution is -0.137. The summed E-state index contributed by atoms with van der Waals surface area (Å²) in [5.74, 6) is -1.16. The fourth-order valence-corrected chi connectivity index (χ4v) is 1.40. The predicted molar refractivity (Wildman–Crippen MR) is 70.2 cm³/mol. The van der Waals surface area contributed by atoms with Crippen molar-refractivity contribution in [1.82, 2.24) is 20.4 Å². The molecule has 9 heteroatoms. The third-order valence-electron chi connectivity index (χ3n) is 2.20. The van der Waals surface area contributed by atoms with Crippen LogP contribution >= 0.6 is 0 Å². The molecular formula is C11H17N5O4. The SMILES string of the molecule is CCNC(=O)CCNC(=O)Nc1cnn(CC(=O)O)c1. The van der Waals surface area contributed by atoms with E-state index in [9.17, 15) is 14.4 Å². The molecule has 0 radical (unpaired) electrons. The number of nitrogens with one attached hydrogen (secondary N) is 3. The maximum absolute atomic E-state index is 11.5. The third-order valence-corrected chi connectivity index (χ3v) is 2.20. The molecule has 20 heavy (non-hydrogen) atoms. The number of rotatable bonds is 7. The van der Waals surface area contributed by atoms with Gasteiger partial charge in [-0.15, -0.1) is 0 Å². The molecule has 110 valence electrons. The molecule has 4 N–H and O–H groups in total. The quantitative estimate of drug-likeness (QED) is 0.542. The number of carbonyl (C=O) groups excluding carboxylic acids is 2. The average molecular weight is 283 g/mol. The van der Waals surface area contributed by atoms with Gasteiger partial charge in [0.2, 0.25) is 5.91 Å². The van der Waals surface area contributed by atoms with Crippen LogP contribution in [0.3, 0.4) is 0 Å². The van der Waals surface area contributed by atoms with Crippen LogP contribution in [0, 0.1) is 0 Å². The van der Waals surface area contributed by atoms with Gasteiger partial charge in [0.05, 0.1) is 11.9 Å². The summed E-state index contributed by atoms with van der Waals surface area (Å²) in [6.07, 6.45) is 2.93. The number of carbonyl (C=O) groups is 3. The molecule has 0 saturated carbocycles. The Balaban J connectivity index is 2.30. The van der Waals surface area contributed by atoms with E-state index in [2.05, 4.69) is 21.0 Å². The number of carboxylic acid groups (broad SMARTS) is 1. The molecule has 0 saturated heterocycles. The number of urea groups is 1. The number of anilines is 1. The molecule has 9 nitrogen and oxygen atoms in total. The Morgan fingerprint density at radius 3 is 2.75 bits per heavy atom. The van der Waals surface area contributed by atoms with Crippen LogP contribution in [0.15, 0.2) is 12.4 Å². The summed E-state index contributed by atoms with van der Waals surface area (Å²) in [5, 5.41) is 19.9. The van der Waals surface area contributed by atoms with Gasteiger partial charge < -0.3 is 21.1 Å². The van der Waals surface area contributed by atoms with Crippen LogP contribution in [0.1, 0.15) is 13.3 Å². The topological polar surface area (TPSA) is 125 Å². The number of hydrogen-bond donors (Lipinski definition) is 4. The molecular weight excluding hydrogens is 266 g/mol. The maximum Gasteiger partial charge on any atom is 0.325 e. The highest BCUT2D eigenvalue weighted by atomic mass is 16.4. The molecule has 0 spiro atoms. The molecule has 1 rings (SSSR count). The highest BCUT2D eigenvalue weighted by molar-refractivity contribution is 5.89. The Labute approximate surface area is 115 Å². The van der Waals surface area contributed by atoms with Crippen LogP contribution in [-0.4, -0.2) is 45.9 Å². The Bertz CT molecular complexity index is 485. The molecule has 1 aromatic rings. The van der Waals surface area contributed by atoms with Crippen molar-refractivity contribution in [2.24, 2.45) is 0 Å². The highest BCUT2D eigenvalue weighted by Gasteiger charge is 2.06. The van der Waals surface area contributed by atoms with E-state index in [1.807, 2.05) is 6.92 Å². The lowest BCUT2D eigenvalue weighted by Gasteiger charge is -2.05. The Morgan fingerprint density at radius 2 is 2.10 bits per heavy atom. The lowest BCUT2D eigenvalue weighted by Crippen LogP contribution is -2.33. The second-order valence-electron chi connectivity index (χ2n) is 3.90. The fraction of sp³-hybridized carbons (Fsp3) is 0.455. The van der Waals surface area contributed by atoms with Crippen LogP contribution in [0.2, 0.25) is 0 Å². The molecule has 3 amide bonds. The predicted octanol–water partition coefficient (Wildman–Crippen LogP) is -0.385. The largest absolute Gasteiger partial charge is 0.480 e. The molecule has 0 aromatic carbocycles. The summed E-state index contributed by atoms with van der Waals surface area (Å²) in [6, 6.07) is -0.482. The number of aromatic nitrogens is 2. The number of amides is 3. The van der Waals surface area contributed by atoms with Gasteiger partial charge in [-0.3, -0.25) is 14.3 Å². The minimum absolute atomic E-state index is 0.137. The minimum Gasteiger partial charge on any atom is -0.480 e. The van der Waals surface area contributed by atoms with Crippen molar-refractivity contribution in [3.05, 3.63) is 12.4 Å². The maximum atomic E-state index is 11.5. The zero-order valence-corrected chi connectivity index (χ0v) is 11.0. The first-order chi connectivity index (χ1) is 9.51. The van der Waals surface area contributed by atoms with Crippen molar-refractivity contribution in [3.63, 3.8) is 0 Å². The molecule has 0 fully saturated rings. The van der Waals surface area contributed by atoms with E-state index in [1.54, 1.807) is 0 Å². The van der Waals surface area contributed by atoms with Crippen LogP contribution in [-0.2, 0) is 16.1 Å². The minimum atomic E-state index is -1.02. The van der Waals surface area contributed by atoms with Gasteiger partial charge in [0.1, 0.15) is 6.54 Å². The van der Waals surface area contributed by atoms with Crippen LogP contribution < -0.4 is 16.0 Å². The van der Waals surface area contributed by atoms with E-state index >= 15 is 0 Å². The van der Waals surface area contributed by atoms with Gasteiger partial charge in [-0.25, -0.2) is 4.79 Å². The Morgan fingerprint density at radius 1 is 1.35 bits per heavy atom. The monoisotopic (exact) mass is 283 g/mol. The first kappa shape index (κ1) is 15.5. The third kappa shape index (κ3) is 5.85. The summed E-state index contributed by atoms with van der Waals surface area (Å²) in [6.45, 7) is 2.29. The average Bonchev–Trinajstić information content (AvgIpc) is 2.75. The van der Waals surface area contributed by atoms with Crippen molar-refractivity contribution in [1.29, 1.82) is 0 Å². The summed E-state index contributed by atoms with van der Waals surface area (Å²) < 4.78 is 1.19.